The van der Waals surface area contributed by atoms with Crippen molar-refractivity contribution in [3.8, 4) is 0 Å². The van der Waals surface area contributed by atoms with E-state index in [1.807, 2.05) is 18.2 Å². The standard InChI is InChI=1S/C17H22N2O2S/c20-11-12-4-3-5-13(10-12)18-16(21)8-9-17-19-14-6-1-2-7-15(14)22-17/h1-2,6-7,12-13,20H,3-5,8-11H2,(H,18,21)/t12-,13-/m1/s1. The quantitative estimate of drug-likeness (QED) is 0.891. The van der Waals surface area contributed by atoms with Crippen molar-refractivity contribution in [2.24, 2.45) is 5.92 Å². The van der Waals surface area contributed by atoms with Gasteiger partial charge in [0.1, 0.15) is 0 Å². The number of hydrogen-bond acceptors (Lipinski definition) is 4. The van der Waals surface area contributed by atoms with Crippen molar-refractivity contribution in [2.75, 3.05) is 6.61 Å². The number of aromatic nitrogens is 1. The van der Waals surface area contributed by atoms with Crippen molar-refractivity contribution in [3.63, 3.8) is 0 Å². The molecule has 0 saturated heterocycles. The Morgan fingerprint density at radius 3 is 3.05 bits per heavy atom. The van der Waals surface area contributed by atoms with E-state index in [0.717, 1.165) is 36.2 Å². The number of carbonyl (C=O) groups excluding carboxylic acids is 1. The first kappa shape index (κ1) is 15.4. The van der Waals surface area contributed by atoms with E-state index in [2.05, 4.69) is 16.4 Å². The van der Waals surface area contributed by atoms with Gasteiger partial charge in [-0.1, -0.05) is 18.6 Å². The van der Waals surface area contributed by atoms with Gasteiger partial charge in [0.25, 0.3) is 0 Å². The highest BCUT2D eigenvalue weighted by Crippen LogP contribution is 2.24. The van der Waals surface area contributed by atoms with Crippen molar-refractivity contribution < 1.29 is 9.90 Å². The molecule has 1 fully saturated rings. The molecule has 1 amide bonds. The number of hydrogen-bond donors (Lipinski definition) is 2. The molecular formula is C17H22N2O2S. The number of aryl methyl sites for hydroxylation is 1. The van der Waals surface area contributed by atoms with Crippen LogP contribution < -0.4 is 5.32 Å². The first-order valence-corrected chi connectivity index (χ1v) is 8.81. The molecule has 5 heteroatoms. The molecule has 3 rings (SSSR count). The van der Waals surface area contributed by atoms with Crippen molar-refractivity contribution in [1.29, 1.82) is 0 Å². The highest BCUT2D eigenvalue weighted by molar-refractivity contribution is 7.18. The molecule has 1 aromatic carbocycles. The van der Waals surface area contributed by atoms with Crippen LogP contribution in [0.3, 0.4) is 0 Å². The number of para-hydroxylation sites is 1. The average Bonchev–Trinajstić information content (AvgIpc) is 2.96. The number of rotatable bonds is 5. The van der Waals surface area contributed by atoms with Gasteiger partial charge in [-0.25, -0.2) is 4.98 Å². The van der Waals surface area contributed by atoms with Crippen molar-refractivity contribution in [1.82, 2.24) is 10.3 Å². The molecule has 4 nitrogen and oxygen atoms in total. The Hall–Kier alpha value is -1.46. The number of nitrogens with one attached hydrogen (secondary N) is 1. The monoisotopic (exact) mass is 318 g/mol. The Kier molecular flexibility index (Phi) is 5.05. The maximum absolute atomic E-state index is 12.1. The molecule has 2 N–H and O–H groups in total. The van der Waals surface area contributed by atoms with Gasteiger partial charge in [-0.3, -0.25) is 4.79 Å². The van der Waals surface area contributed by atoms with Gasteiger partial charge in [0, 0.05) is 25.5 Å². The van der Waals surface area contributed by atoms with Gasteiger partial charge in [-0.2, -0.15) is 0 Å². The molecule has 22 heavy (non-hydrogen) atoms. The second-order valence-electron chi connectivity index (χ2n) is 6.05. The number of carbonyl (C=O) groups is 1. The lowest BCUT2D eigenvalue weighted by Crippen LogP contribution is -2.39. The molecular weight excluding hydrogens is 296 g/mol. The predicted molar refractivity (Wildman–Crippen MR) is 88.9 cm³/mol. The van der Waals surface area contributed by atoms with E-state index in [4.69, 9.17) is 0 Å². The molecule has 0 radical (unpaired) electrons. The van der Waals surface area contributed by atoms with E-state index in [-0.39, 0.29) is 18.6 Å². The SMILES string of the molecule is O=C(CCc1nc2ccccc2s1)N[C@@H]1CCC[C@@H](CO)C1. The summed E-state index contributed by atoms with van der Waals surface area (Å²) in [6, 6.07) is 8.30. The van der Waals surface area contributed by atoms with Crippen LogP contribution in [0.4, 0.5) is 0 Å². The first-order valence-electron chi connectivity index (χ1n) is 7.99. The molecule has 1 aliphatic carbocycles. The lowest BCUT2D eigenvalue weighted by atomic mass is 9.86. The van der Waals surface area contributed by atoms with E-state index < -0.39 is 0 Å². The smallest absolute Gasteiger partial charge is 0.220 e. The highest BCUT2D eigenvalue weighted by atomic mass is 32.1. The van der Waals surface area contributed by atoms with Gasteiger partial charge in [0.2, 0.25) is 5.91 Å². The zero-order valence-electron chi connectivity index (χ0n) is 12.6. The number of fused-ring (bicyclic) bond motifs is 1. The van der Waals surface area contributed by atoms with E-state index in [0.29, 0.717) is 18.8 Å². The Bertz CT molecular complexity index is 607. The summed E-state index contributed by atoms with van der Waals surface area (Å²) in [6.07, 6.45) is 5.29. The van der Waals surface area contributed by atoms with Crippen LogP contribution in [0.25, 0.3) is 10.2 Å². The lowest BCUT2D eigenvalue weighted by Gasteiger charge is -2.28. The molecule has 1 aromatic heterocycles. The molecule has 2 aromatic rings. The summed E-state index contributed by atoms with van der Waals surface area (Å²) in [4.78, 5) is 16.7. The molecule has 0 aliphatic heterocycles. The van der Waals surface area contributed by atoms with E-state index in [1.54, 1.807) is 11.3 Å². The van der Waals surface area contributed by atoms with Gasteiger partial charge in [0.05, 0.1) is 15.2 Å². The molecule has 0 bridgehead atoms. The van der Waals surface area contributed by atoms with Crippen LogP contribution >= 0.6 is 11.3 Å². The minimum absolute atomic E-state index is 0.0999. The van der Waals surface area contributed by atoms with Crippen molar-refractivity contribution in [2.45, 2.75) is 44.6 Å². The molecule has 2 atom stereocenters. The Morgan fingerprint density at radius 1 is 1.36 bits per heavy atom. The predicted octanol–water partition coefficient (Wildman–Crippen LogP) is 2.90. The Balaban J connectivity index is 1.49. The van der Waals surface area contributed by atoms with Gasteiger partial charge >= 0.3 is 0 Å². The van der Waals surface area contributed by atoms with Crippen LogP contribution in [0.2, 0.25) is 0 Å². The summed E-state index contributed by atoms with van der Waals surface area (Å²) < 4.78 is 1.18. The van der Waals surface area contributed by atoms with E-state index in [9.17, 15) is 9.90 Å². The fourth-order valence-electron chi connectivity index (χ4n) is 3.14. The maximum Gasteiger partial charge on any atom is 0.220 e. The molecule has 0 spiro atoms. The van der Waals surface area contributed by atoms with Gasteiger partial charge in [-0.15, -0.1) is 11.3 Å². The number of amides is 1. The summed E-state index contributed by atoms with van der Waals surface area (Å²) >= 11 is 1.67. The summed E-state index contributed by atoms with van der Waals surface area (Å²) in [7, 11) is 0. The summed E-state index contributed by atoms with van der Waals surface area (Å²) in [6.45, 7) is 0.234. The minimum Gasteiger partial charge on any atom is -0.396 e. The fourth-order valence-corrected chi connectivity index (χ4v) is 4.10. The number of thiazole rings is 1. The molecule has 1 heterocycles. The molecule has 0 unspecified atom stereocenters. The van der Waals surface area contributed by atoms with Gasteiger partial charge in [-0.05, 0) is 37.3 Å². The minimum atomic E-state index is 0.0999. The largest absolute Gasteiger partial charge is 0.396 e. The fraction of sp³-hybridized carbons (Fsp3) is 0.529. The van der Waals surface area contributed by atoms with E-state index in [1.165, 1.54) is 4.70 Å². The van der Waals surface area contributed by atoms with E-state index >= 15 is 0 Å². The molecule has 118 valence electrons. The summed E-state index contributed by atoms with van der Waals surface area (Å²) in [5.74, 6) is 0.450. The van der Waals surface area contributed by atoms with Crippen LogP contribution in [0.5, 0.6) is 0 Å². The second kappa shape index (κ2) is 7.20. The number of aliphatic hydroxyl groups is 1. The summed E-state index contributed by atoms with van der Waals surface area (Å²) in [5, 5.41) is 13.4. The van der Waals surface area contributed by atoms with Crippen LogP contribution in [0.15, 0.2) is 24.3 Å². The normalized spacial score (nSPS) is 21.9. The zero-order valence-corrected chi connectivity index (χ0v) is 13.4. The Labute approximate surface area is 134 Å². The number of aliphatic hydroxyl groups excluding tert-OH is 1. The average molecular weight is 318 g/mol. The Morgan fingerprint density at radius 2 is 2.23 bits per heavy atom. The van der Waals surface area contributed by atoms with Crippen LogP contribution in [-0.4, -0.2) is 28.6 Å². The van der Waals surface area contributed by atoms with Crippen LogP contribution in [0.1, 0.15) is 37.1 Å². The second-order valence-corrected chi connectivity index (χ2v) is 7.17. The third-order valence-corrected chi connectivity index (χ3v) is 5.41. The highest BCUT2D eigenvalue weighted by Gasteiger charge is 2.22. The number of benzene rings is 1. The van der Waals surface area contributed by atoms with Crippen LogP contribution in [0, 0.1) is 5.92 Å². The third-order valence-electron chi connectivity index (χ3n) is 4.31. The van der Waals surface area contributed by atoms with Crippen LogP contribution in [-0.2, 0) is 11.2 Å². The van der Waals surface area contributed by atoms with Gasteiger partial charge < -0.3 is 10.4 Å². The van der Waals surface area contributed by atoms with Crippen molar-refractivity contribution in [3.05, 3.63) is 29.3 Å². The van der Waals surface area contributed by atoms with Gasteiger partial charge in [0.15, 0.2) is 0 Å². The molecule has 1 aliphatic rings. The first-order chi connectivity index (χ1) is 10.7. The lowest BCUT2D eigenvalue weighted by molar-refractivity contribution is -0.122. The number of nitrogens with zero attached hydrogens (tertiary/aromatic N) is 1. The maximum atomic E-state index is 12.1. The van der Waals surface area contributed by atoms with Crippen molar-refractivity contribution >= 4 is 27.5 Å². The topological polar surface area (TPSA) is 62.2 Å². The zero-order chi connectivity index (χ0) is 15.4. The summed E-state index contributed by atoms with van der Waals surface area (Å²) in [5.41, 5.74) is 1.01. The molecule has 1 saturated carbocycles. The third kappa shape index (κ3) is 3.84.